The van der Waals surface area contributed by atoms with Crippen LogP contribution in [-0.2, 0) is 4.74 Å². The molecule has 3 aromatic carbocycles. The first-order chi connectivity index (χ1) is 16.4. The molecule has 4 nitrogen and oxygen atoms in total. The molecule has 0 amide bonds. The minimum atomic E-state index is -0.298. The van der Waals surface area contributed by atoms with E-state index in [4.69, 9.17) is 4.74 Å². The number of esters is 1. The molecule has 0 spiro atoms. The smallest absolute Gasteiger partial charge is 0.338 e. The molecular weight excluding hydrogens is 420 g/mol. The summed E-state index contributed by atoms with van der Waals surface area (Å²) in [5.41, 5.74) is 10.3. The summed E-state index contributed by atoms with van der Waals surface area (Å²) in [7, 11) is 1.46. The third-order valence-corrected chi connectivity index (χ3v) is 6.92. The summed E-state index contributed by atoms with van der Waals surface area (Å²) in [6, 6.07) is 16.9. The van der Waals surface area contributed by atoms with Crippen LogP contribution in [0.15, 0.2) is 48.5 Å². The fourth-order valence-corrected chi connectivity index (χ4v) is 4.67. The lowest BCUT2D eigenvalue weighted by Crippen LogP contribution is -2.11. The molecule has 1 saturated carbocycles. The van der Waals surface area contributed by atoms with Gasteiger partial charge in [0.15, 0.2) is 0 Å². The predicted molar refractivity (Wildman–Crippen MR) is 143 cm³/mol. The van der Waals surface area contributed by atoms with E-state index in [0.29, 0.717) is 5.56 Å². The molecule has 0 atom stereocenters. The molecule has 3 aromatic rings. The molecule has 4 heteroatoms. The molecule has 2 N–H and O–H groups in total. The Labute approximate surface area is 203 Å². The van der Waals surface area contributed by atoms with Gasteiger partial charge in [-0.15, -0.1) is 0 Å². The Balaban J connectivity index is 1.76. The van der Waals surface area contributed by atoms with Gasteiger partial charge in [-0.05, 0) is 109 Å². The molecule has 178 valence electrons. The van der Waals surface area contributed by atoms with E-state index in [2.05, 4.69) is 79.9 Å². The standard InChI is InChI=1S/C30H36N2O2/c1-6-17-31-25-13-11-24(12-14-25)28-20(3)19(2)27(21(4)29(28)30(33)34-5)23-9-15-26(16-10-23)32-18-22-7-8-22/h9-16,22,31-32H,6-8,17-18H2,1-5H3. The Morgan fingerprint density at radius 1 is 0.824 bits per heavy atom. The van der Waals surface area contributed by atoms with Gasteiger partial charge in [0, 0.05) is 24.5 Å². The summed E-state index contributed by atoms with van der Waals surface area (Å²) in [6.07, 6.45) is 3.75. The summed E-state index contributed by atoms with van der Waals surface area (Å²) in [4.78, 5) is 13.0. The third kappa shape index (κ3) is 4.96. The van der Waals surface area contributed by atoms with Crippen molar-refractivity contribution in [3.05, 3.63) is 70.8 Å². The van der Waals surface area contributed by atoms with Crippen molar-refractivity contribution in [1.82, 2.24) is 0 Å². The first-order valence-corrected chi connectivity index (χ1v) is 12.3. The maximum atomic E-state index is 13.0. The van der Waals surface area contributed by atoms with Crippen molar-refractivity contribution in [2.75, 3.05) is 30.8 Å². The molecule has 0 aliphatic heterocycles. The maximum absolute atomic E-state index is 13.0. The fourth-order valence-electron chi connectivity index (χ4n) is 4.67. The molecule has 0 unspecified atom stereocenters. The summed E-state index contributed by atoms with van der Waals surface area (Å²) >= 11 is 0. The molecule has 0 bridgehead atoms. The number of benzene rings is 3. The van der Waals surface area contributed by atoms with Gasteiger partial charge in [0.2, 0.25) is 0 Å². The van der Waals surface area contributed by atoms with Gasteiger partial charge in [-0.3, -0.25) is 0 Å². The Hall–Kier alpha value is -3.27. The fraction of sp³-hybridized carbons (Fsp3) is 0.367. The molecule has 0 aromatic heterocycles. The van der Waals surface area contributed by atoms with E-state index in [1.54, 1.807) is 0 Å². The first-order valence-electron chi connectivity index (χ1n) is 12.3. The second-order valence-electron chi connectivity index (χ2n) is 9.40. The van der Waals surface area contributed by atoms with Crippen molar-refractivity contribution in [2.45, 2.75) is 47.0 Å². The van der Waals surface area contributed by atoms with E-state index in [1.165, 1.54) is 25.5 Å². The minimum absolute atomic E-state index is 0.298. The van der Waals surface area contributed by atoms with E-state index in [-0.39, 0.29) is 5.97 Å². The van der Waals surface area contributed by atoms with Crippen LogP contribution < -0.4 is 10.6 Å². The molecule has 1 aliphatic carbocycles. The Kier molecular flexibility index (Phi) is 7.26. The normalized spacial score (nSPS) is 13.0. The second-order valence-corrected chi connectivity index (χ2v) is 9.40. The molecule has 4 rings (SSSR count). The van der Waals surface area contributed by atoms with Crippen molar-refractivity contribution in [3.8, 4) is 22.3 Å². The average molecular weight is 457 g/mol. The number of anilines is 2. The molecule has 1 fully saturated rings. The summed E-state index contributed by atoms with van der Waals surface area (Å²) < 4.78 is 5.26. The number of hydrogen-bond donors (Lipinski definition) is 2. The summed E-state index contributed by atoms with van der Waals surface area (Å²) in [5, 5.41) is 6.95. The minimum Gasteiger partial charge on any atom is -0.465 e. The largest absolute Gasteiger partial charge is 0.465 e. The van der Waals surface area contributed by atoms with Crippen LogP contribution in [0.4, 0.5) is 11.4 Å². The number of carbonyl (C=O) groups is 1. The Bertz CT molecular complexity index is 1160. The SMILES string of the molecule is CCCNc1ccc(-c2c(C)c(C)c(-c3ccc(NCC4CC4)cc3)c(C)c2C(=O)OC)cc1. The number of methoxy groups -OCH3 is 1. The number of rotatable bonds is 9. The molecule has 0 saturated heterocycles. The molecule has 0 radical (unpaired) electrons. The van der Waals surface area contributed by atoms with Gasteiger partial charge in [0.05, 0.1) is 12.7 Å². The second kappa shape index (κ2) is 10.3. The zero-order valence-electron chi connectivity index (χ0n) is 21.0. The number of hydrogen-bond acceptors (Lipinski definition) is 4. The molecule has 1 aliphatic rings. The van der Waals surface area contributed by atoms with Gasteiger partial charge >= 0.3 is 5.97 Å². The average Bonchev–Trinajstić information content (AvgIpc) is 3.69. The van der Waals surface area contributed by atoms with Gasteiger partial charge < -0.3 is 15.4 Å². The van der Waals surface area contributed by atoms with Crippen LogP contribution in [0.3, 0.4) is 0 Å². The van der Waals surface area contributed by atoms with E-state index in [1.807, 2.05) is 6.92 Å². The highest BCUT2D eigenvalue weighted by Gasteiger charge is 2.25. The van der Waals surface area contributed by atoms with Gasteiger partial charge in [0.25, 0.3) is 0 Å². The van der Waals surface area contributed by atoms with Gasteiger partial charge in [0.1, 0.15) is 0 Å². The quantitative estimate of drug-likeness (QED) is 0.330. The van der Waals surface area contributed by atoms with Crippen LogP contribution >= 0.6 is 0 Å². The number of nitrogens with one attached hydrogen (secondary N) is 2. The van der Waals surface area contributed by atoms with Gasteiger partial charge in [-0.1, -0.05) is 31.2 Å². The van der Waals surface area contributed by atoms with Crippen molar-refractivity contribution in [3.63, 3.8) is 0 Å². The summed E-state index contributed by atoms with van der Waals surface area (Å²) in [6.45, 7) is 10.4. The van der Waals surface area contributed by atoms with Crippen LogP contribution in [0, 0.1) is 26.7 Å². The lowest BCUT2D eigenvalue weighted by Gasteiger charge is -2.22. The topological polar surface area (TPSA) is 50.4 Å². The summed E-state index contributed by atoms with van der Waals surface area (Å²) in [5.74, 6) is 0.534. The highest BCUT2D eigenvalue weighted by molar-refractivity contribution is 6.03. The number of carbonyl (C=O) groups excluding carboxylic acids is 1. The van der Waals surface area contributed by atoms with Crippen LogP contribution in [0.2, 0.25) is 0 Å². The first kappa shape index (κ1) is 23.9. The zero-order chi connectivity index (χ0) is 24.2. The lowest BCUT2D eigenvalue weighted by atomic mass is 9.82. The van der Waals surface area contributed by atoms with E-state index in [9.17, 15) is 4.79 Å². The Morgan fingerprint density at radius 3 is 1.88 bits per heavy atom. The van der Waals surface area contributed by atoms with Crippen LogP contribution in [0.1, 0.15) is 53.2 Å². The third-order valence-electron chi connectivity index (χ3n) is 6.92. The van der Waals surface area contributed by atoms with Crippen molar-refractivity contribution in [1.29, 1.82) is 0 Å². The zero-order valence-corrected chi connectivity index (χ0v) is 21.0. The van der Waals surface area contributed by atoms with Crippen LogP contribution in [-0.4, -0.2) is 26.2 Å². The highest BCUT2D eigenvalue weighted by Crippen LogP contribution is 2.40. The van der Waals surface area contributed by atoms with Crippen molar-refractivity contribution >= 4 is 17.3 Å². The van der Waals surface area contributed by atoms with Crippen LogP contribution in [0.25, 0.3) is 22.3 Å². The number of ether oxygens (including phenoxy) is 1. The van der Waals surface area contributed by atoms with Gasteiger partial charge in [-0.25, -0.2) is 4.79 Å². The monoisotopic (exact) mass is 456 g/mol. The molecule has 34 heavy (non-hydrogen) atoms. The lowest BCUT2D eigenvalue weighted by molar-refractivity contribution is 0.0601. The maximum Gasteiger partial charge on any atom is 0.338 e. The highest BCUT2D eigenvalue weighted by atomic mass is 16.5. The van der Waals surface area contributed by atoms with E-state index in [0.717, 1.165) is 70.2 Å². The van der Waals surface area contributed by atoms with Gasteiger partial charge in [-0.2, -0.15) is 0 Å². The molecular formula is C30H36N2O2. The Morgan fingerprint density at radius 2 is 1.35 bits per heavy atom. The van der Waals surface area contributed by atoms with Crippen molar-refractivity contribution < 1.29 is 9.53 Å². The molecule has 0 heterocycles. The van der Waals surface area contributed by atoms with Crippen LogP contribution in [0.5, 0.6) is 0 Å². The van der Waals surface area contributed by atoms with E-state index >= 15 is 0 Å². The van der Waals surface area contributed by atoms with Crippen molar-refractivity contribution in [2.24, 2.45) is 5.92 Å². The van der Waals surface area contributed by atoms with E-state index < -0.39 is 0 Å². The predicted octanol–water partition coefficient (Wildman–Crippen LogP) is 7.38.